The highest BCUT2D eigenvalue weighted by Crippen LogP contribution is 2.15. The Bertz CT molecular complexity index is 430. The Labute approximate surface area is 124 Å². The molecule has 1 aromatic rings. The van der Waals surface area contributed by atoms with Crippen LogP contribution in [0.2, 0.25) is 0 Å². The highest BCUT2D eigenvalue weighted by atomic mass is 32.1. The van der Waals surface area contributed by atoms with Crippen molar-refractivity contribution in [3.05, 3.63) is 16.1 Å². The molecule has 112 valence electrons. The molecule has 1 saturated heterocycles. The van der Waals surface area contributed by atoms with E-state index in [1.165, 1.54) is 0 Å². The van der Waals surface area contributed by atoms with Gasteiger partial charge in [-0.3, -0.25) is 9.69 Å². The average molecular weight is 297 g/mol. The van der Waals surface area contributed by atoms with Gasteiger partial charge in [0.2, 0.25) is 5.91 Å². The number of carbonyl (C=O) groups is 1. The van der Waals surface area contributed by atoms with E-state index in [2.05, 4.69) is 15.3 Å². The predicted octanol–water partition coefficient (Wildman–Crippen LogP) is 1.73. The van der Waals surface area contributed by atoms with Crippen LogP contribution < -0.4 is 0 Å². The van der Waals surface area contributed by atoms with E-state index in [9.17, 15) is 4.79 Å². The van der Waals surface area contributed by atoms with Gasteiger partial charge >= 0.3 is 0 Å². The number of rotatable bonds is 6. The van der Waals surface area contributed by atoms with Gasteiger partial charge in [-0.25, -0.2) is 4.98 Å². The molecule has 1 amide bonds. The van der Waals surface area contributed by atoms with Gasteiger partial charge in [0.1, 0.15) is 5.01 Å². The number of ether oxygens (including phenoxy) is 1. The monoisotopic (exact) mass is 297 g/mol. The first-order chi connectivity index (χ1) is 9.69. The molecule has 1 aliphatic heterocycles. The molecule has 0 spiro atoms. The van der Waals surface area contributed by atoms with Crippen molar-refractivity contribution in [1.82, 2.24) is 14.8 Å². The minimum atomic E-state index is 0.190. The van der Waals surface area contributed by atoms with Crippen LogP contribution in [0.1, 0.15) is 30.5 Å². The van der Waals surface area contributed by atoms with Gasteiger partial charge in [0.05, 0.1) is 32.0 Å². The molecule has 1 fully saturated rings. The molecular weight excluding hydrogens is 274 g/mol. The van der Waals surface area contributed by atoms with Gasteiger partial charge in [-0.05, 0) is 6.42 Å². The average Bonchev–Trinajstić information content (AvgIpc) is 2.87. The van der Waals surface area contributed by atoms with E-state index in [4.69, 9.17) is 4.74 Å². The first-order valence-corrected chi connectivity index (χ1v) is 8.04. The van der Waals surface area contributed by atoms with Crippen LogP contribution in [0.15, 0.2) is 5.38 Å². The van der Waals surface area contributed by atoms with Gasteiger partial charge < -0.3 is 9.64 Å². The summed E-state index contributed by atoms with van der Waals surface area (Å²) in [6.07, 6.45) is 1.50. The lowest BCUT2D eigenvalue weighted by Crippen LogP contribution is -2.35. The number of nitrogens with zero attached hydrogens (tertiary/aromatic N) is 3. The summed E-state index contributed by atoms with van der Waals surface area (Å²) in [5.74, 6) is 0.190. The maximum absolute atomic E-state index is 11.8. The van der Waals surface area contributed by atoms with Crippen LogP contribution in [-0.2, 0) is 22.6 Å². The number of hydrogen-bond donors (Lipinski definition) is 0. The lowest BCUT2D eigenvalue weighted by molar-refractivity contribution is -0.130. The zero-order chi connectivity index (χ0) is 14.4. The third-order valence-corrected chi connectivity index (χ3v) is 4.23. The molecule has 0 atom stereocenters. The Morgan fingerprint density at radius 3 is 2.95 bits per heavy atom. The lowest BCUT2D eigenvalue weighted by Gasteiger charge is -2.25. The summed E-state index contributed by atoms with van der Waals surface area (Å²) in [4.78, 5) is 20.5. The summed E-state index contributed by atoms with van der Waals surface area (Å²) in [6, 6.07) is 0. The minimum Gasteiger partial charge on any atom is -0.379 e. The van der Waals surface area contributed by atoms with Crippen molar-refractivity contribution in [1.29, 1.82) is 0 Å². The molecule has 1 aromatic heterocycles. The van der Waals surface area contributed by atoms with Crippen LogP contribution >= 0.6 is 11.3 Å². The second kappa shape index (κ2) is 7.71. The van der Waals surface area contributed by atoms with E-state index in [1.54, 1.807) is 16.2 Å². The van der Waals surface area contributed by atoms with Gasteiger partial charge in [0.25, 0.3) is 0 Å². The summed E-state index contributed by atoms with van der Waals surface area (Å²) < 4.78 is 5.34. The first-order valence-electron chi connectivity index (χ1n) is 7.16. The maximum Gasteiger partial charge on any atom is 0.222 e. The fourth-order valence-corrected chi connectivity index (χ4v) is 3.01. The summed E-state index contributed by atoms with van der Waals surface area (Å²) in [6.45, 7) is 7.10. The molecule has 20 heavy (non-hydrogen) atoms. The van der Waals surface area contributed by atoms with Crippen molar-refractivity contribution < 1.29 is 9.53 Å². The zero-order valence-corrected chi connectivity index (χ0v) is 13.1. The molecule has 0 N–H and O–H groups in total. The van der Waals surface area contributed by atoms with Crippen LogP contribution in [0.5, 0.6) is 0 Å². The Balaban J connectivity index is 1.83. The standard InChI is InChI=1S/C14H23N3O2S/c1-3-4-14(18)16(2)9-12-11-20-13(15-12)10-17-5-7-19-8-6-17/h11H,3-10H2,1-2H3. The fraction of sp³-hybridized carbons (Fsp3) is 0.714. The molecule has 0 unspecified atom stereocenters. The molecule has 0 aromatic carbocycles. The lowest BCUT2D eigenvalue weighted by atomic mass is 10.3. The molecular formula is C14H23N3O2S. The van der Waals surface area contributed by atoms with Crippen LogP contribution in [0.3, 0.4) is 0 Å². The third-order valence-electron chi connectivity index (χ3n) is 3.35. The van der Waals surface area contributed by atoms with Crippen LogP contribution in [-0.4, -0.2) is 54.0 Å². The van der Waals surface area contributed by atoms with Crippen molar-refractivity contribution in [3.8, 4) is 0 Å². The van der Waals surface area contributed by atoms with Crippen molar-refractivity contribution in [2.24, 2.45) is 0 Å². The van der Waals surface area contributed by atoms with Gasteiger partial charge in [-0.15, -0.1) is 11.3 Å². The number of aromatic nitrogens is 1. The molecule has 0 bridgehead atoms. The van der Waals surface area contributed by atoms with Gasteiger partial charge in [-0.2, -0.15) is 0 Å². The fourth-order valence-electron chi connectivity index (χ4n) is 2.18. The summed E-state index contributed by atoms with van der Waals surface area (Å²) in [5.41, 5.74) is 0.991. The van der Waals surface area contributed by atoms with Crippen molar-refractivity contribution >= 4 is 17.2 Å². The van der Waals surface area contributed by atoms with E-state index in [0.717, 1.165) is 50.0 Å². The van der Waals surface area contributed by atoms with E-state index in [-0.39, 0.29) is 5.91 Å². The highest BCUT2D eigenvalue weighted by Gasteiger charge is 2.14. The van der Waals surface area contributed by atoms with Crippen LogP contribution in [0.25, 0.3) is 0 Å². The smallest absolute Gasteiger partial charge is 0.222 e. The van der Waals surface area contributed by atoms with Crippen LogP contribution in [0, 0.1) is 0 Å². The second-order valence-corrected chi connectivity index (χ2v) is 6.06. The molecule has 0 saturated carbocycles. The van der Waals surface area contributed by atoms with Crippen molar-refractivity contribution in [3.63, 3.8) is 0 Å². The highest BCUT2D eigenvalue weighted by molar-refractivity contribution is 7.09. The molecule has 0 radical (unpaired) electrons. The topological polar surface area (TPSA) is 45.7 Å². The van der Waals surface area contributed by atoms with E-state index < -0.39 is 0 Å². The minimum absolute atomic E-state index is 0.190. The second-order valence-electron chi connectivity index (χ2n) is 5.12. The maximum atomic E-state index is 11.8. The number of morpholine rings is 1. The SMILES string of the molecule is CCCC(=O)N(C)Cc1csc(CN2CCOCC2)n1. The number of thiazole rings is 1. The Morgan fingerprint density at radius 2 is 2.25 bits per heavy atom. The quantitative estimate of drug-likeness (QED) is 0.802. The van der Waals surface area contributed by atoms with E-state index in [1.807, 2.05) is 14.0 Å². The molecule has 5 nitrogen and oxygen atoms in total. The number of carbonyl (C=O) groups excluding carboxylic acids is 1. The number of hydrogen-bond acceptors (Lipinski definition) is 5. The molecule has 0 aliphatic carbocycles. The largest absolute Gasteiger partial charge is 0.379 e. The van der Waals surface area contributed by atoms with Crippen LogP contribution in [0.4, 0.5) is 0 Å². The van der Waals surface area contributed by atoms with Gasteiger partial charge in [0, 0.05) is 31.9 Å². The van der Waals surface area contributed by atoms with E-state index in [0.29, 0.717) is 13.0 Å². The normalized spacial score (nSPS) is 16.3. The summed E-state index contributed by atoms with van der Waals surface area (Å²) in [7, 11) is 1.85. The Kier molecular flexibility index (Phi) is 5.94. The molecule has 2 heterocycles. The van der Waals surface area contributed by atoms with E-state index >= 15 is 0 Å². The molecule has 6 heteroatoms. The Hall–Kier alpha value is -0.980. The predicted molar refractivity (Wildman–Crippen MR) is 79.6 cm³/mol. The van der Waals surface area contributed by atoms with Gasteiger partial charge in [0.15, 0.2) is 0 Å². The van der Waals surface area contributed by atoms with Crippen molar-refractivity contribution in [2.45, 2.75) is 32.9 Å². The van der Waals surface area contributed by atoms with Crippen molar-refractivity contribution in [2.75, 3.05) is 33.4 Å². The molecule has 2 rings (SSSR count). The first kappa shape index (κ1) is 15.4. The Morgan fingerprint density at radius 1 is 1.50 bits per heavy atom. The third kappa shape index (κ3) is 4.54. The summed E-state index contributed by atoms with van der Waals surface area (Å²) >= 11 is 1.68. The molecule has 1 aliphatic rings. The summed E-state index contributed by atoms with van der Waals surface area (Å²) in [5, 5.41) is 3.18. The number of amides is 1. The van der Waals surface area contributed by atoms with Gasteiger partial charge in [-0.1, -0.05) is 6.92 Å². The zero-order valence-electron chi connectivity index (χ0n) is 12.3.